The fourth-order valence-corrected chi connectivity index (χ4v) is 3.89. The van der Waals surface area contributed by atoms with Gasteiger partial charge in [-0.15, -0.1) is 0 Å². The molecule has 5 aromatic rings. The van der Waals surface area contributed by atoms with Gasteiger partial charge >= 0.3 is 0 Å². The Morgan fingerprint density at radius 1 is 0.774 bits per heavy atom. The summed E-state index contributed by atoms with van der Waals surface area (Å²) < 4.78 is 12.4. The molecule has 0 aliphatic rings. The number of hydrogen-bond acceptors (Lipinski definition) is 3. The van der Waals surface area contributed by atoms with Gasteiger partial charge in [0.05, 0.1) is 5.39 Å². The highest BCUT2D eigenvalue weighted by atomic mass is 16.5. The van der Waals surface area contributed by atoms with E-state index in [1.54, 1.807) is 0 Å². The van der Waals surface area contributed by atoms with Gasteiger partial charge in [-0.2, -0.15) is 0 Å². The molecule has 31 heavy (non-hydrogen) atoms. The summed E-state index contributed by atoms with van der Waals surface area (Å²) in [6.07, 6.45) is 0. The average molecular weight is 406 g/mol. The van der Waals surface area contributed by atoms with Crippen LogP contribution >= 0.6 is 0 Å². The van der Waals surface area contributed by atoms with Crippen molar-refractivity contribution in [3.63, 3.8) is 0 Å². The zero-order valence-corrected chi connectivity index (χ0v) is 17.5. The van der Waals surface area contributed by atoms with Crippen LogP contribution in [0.5, 0.6) is 5.75 Å². The number of hydrogen-bond donors (Lipinski definition) is 0. The number of ether oxygens (including phenoxy) is 1. The minimum Gasteiger partial charge on any atom is -0.481 e. The van der Waals surface area contributed by atoms with Gasteiger partial charge in [0.15, 0.2) is 5.76 Å². The quantitative estimate of drug-likeness (QED) is 0.329. The van der Waals surface area contributed by atoms with E-state index in [1.165, 1.54) is 0 Å². The maximum absolute atomic E-state index is 13.4. The first-order chi connectivity index (χ1) is 15.1. The summed E-state index contributed by atoms with van der Waals surface area (Å²) in [7, 11) is 0. The summed E-state index contributed by atoms with van der Waals surface area (Å²) in [6.45, 7) is 4.27. The van der Waals surface area contributed by atoms with Crippen molar-refractivity contribution in [2.75, 3.05) is 0 Å². The molecule has 0 spiro atoms. The minimum atomic E-state index is -0.152. The lowest BCUT2D eigenvalue weighted by atomic mass is 10.0. The van der Waals surface area contributed by atoms with E-state index in [1.807, 2.05) is 80.6 Å². The summed E-state index contributed by atoms with van der Waals surface area (Å²) in [4.78, 5) is 13.4. The first kappa shape index (κ1) is 19.1. The summed E-state index contributed by atoms with van der Waals surface area (Å²) in [5.74, 6) is 0.705. The Hall–Kier alpha value is -3.85. The highest BCUT2D eigenvalue weighted by Gasteiger charge is 2.18. The molecule has 0 saturated carbocycles. The Kier molecular flexibility index (Phi) is 4.79. The highest BCUT2D eigenvalue weighted by molar-refractivity contribution is 5.86. The molecule has 1 heterocycles. The van der Waals surface area contributed by atoms with E-state index >= 15 is 0 Å². The molecule has 1 aromatic heterocycles. The molecule has 0 unspecified atom stereocenters. The standard InChI is InChI=1S/C28H22O3/c1-18-10-13-21(14-11-18)27-28(26(29)24-16-19(2)12-15-25(24)31-27)30-17-22-8-5-7-20-6-3-4-9-23(20)22/h3-16H,17H2,1-2H3. The molecule has 0 atom stereocenters. The summed E-state index contributed by atoms with van der Waals surface area (Å²) >= 11 is 0. The molecule has 0 radical (unpaired) electrons. The van der Waals surface area contributed by atoms with Crippen LogP contribution in [0.25, 0.3) is 33.1 Å². The first-order valence-corrected chi connectivity index (χ1v) is 10.3. The van der Waals surface area contributed by atoms with E-state index in [0.717, 1.165) is 33.0 Å². The Labute approximate surface area is 180 Å². The van der Waals surface area contributed by atoms with Crippen LogP contribution in [0.4, 0.5) is 0 Å². The second-order valence-corrected chi connectivity index (χ2v) is 7.88. The van der Waals surface area contributed by atoms with Crippen LogP contribution in [0, 0.1) is 13.8 Å². The first-order valence-electron chi connectivity index (χ1n) is 10.3. The van der Waals surface area contributed by atoms with E-state index in [4.69, 9.17) is 9.15 Å². The molecule has 0 N–H and O–H groups in total. The van der Waals surface area contributed by atoms with Crippen LogP contribution in [0.3, 0.4) is 0 Å². The maximum atomic E-state index is 13.4. The number of fused-ring (bicyclic) bond motifs is 2. The average Bonchev–Trinajstić information content (AvgIpc) is 2.79. The van der Waals surface area contributed by atoms with Crippen molar-refractivity contribution in [2.45, 2.75) is 20.5 Å². The third kappa shape index (κ3) is 3.59. The molecule has 152 valence electrons. The summed E-state index contributed by atoms with van der Waals surface area (Å²) in [5, 5.41) is 2.79. The van der Waals surface area contributed by atoms with Gasteiger partial charge in [-0.3, -0.25) is 4.79 Å². The van der Waals surface area contributed by atoms with Gasteiger partial charge in [-0.1, -0.05) is 83.9 Å². The molecule has 0 saturated heterocycles. The lowest BCUT2D eigenvalue weighted by Gasteiger charge is -2.13. The Morgan fingerprint density at radius 3 is 2.35 bits per heavy atom. The normalized spacial score (nSPS) is 11.2. The molecule has 0 aliphatic carbocycles. The lowest BCUT2D eigenvalue weighted by Crippen LogP contribution is -2.10. The van der Waals surface area contributed by atoms with Crippen molar-refractivity contribution in [1.29, 1.82) is 0 Å². The minimum absolute atomic E-state index is 0.152. The number of rotatable bonds is 4. The Balaban J connectivity index is 1.65. The molecule has 0 fully saturated rings. The van der Waals surface area contributed by atoms with Crippen LogP contribution in [0.2, 0.25) is 0 Å². The van der Waals surface area contributed by atoms with E-state index in [9.17, 15) is 4.79 Å². The molecule has 0 bridgehead atoms. The summed E-state index contributed by atoms with van der Waals surface area (Å²) in [5.41, 5.74) is 4.39. The maximum Gasteiger partial charge on any atom is 0.235 e. The smallest absolute Gasteiger partial charge is 0.235 e. The molecule has 3 heteroatoms. The molecular weight excluding hydrogens is 384 g/mol. The molecule has 4 aromatic carbocycles. The largest absolute Gasteiger partial charge is 0.481 e. The van der Waals surface area contributed by atoms with E-state index in [2.05, 4.69) is 18.2 Å². The van der Waals surface area contributed by atoms with Gasteiger partial charge in [-0.25, -0.2) is 0 Å². The van der Waals surface area contributed by atoms with Crippen LogP contribution in [-0.2, 0) is 6.61 Å². The van der Waals surface area contributed by atoms with E-state index in [-0.39, 0.29) is 17.8 Å². The lowest BCUT2D eigenvalue weighted by molar-refractivity contribution is 0.299. The predicted molar refractivity (Wildman–Crippen MR) is 126 cm³/mol. The second-order valence-electron chi connectivity index (χ2n) is 7.88. The number of benzene rings is 4. The van der Waals surface area contributed by atoms with Crippen molar-refractivity contribution in [1.82, 2.24) is 0 Å². The topological polar surface area (TPSA) is 39.4 Å². The van der Waals surface area contributed by atoms with Gasteiger partial charge in [0.1, 0.15) is 12.2 Å². The van der Waals surface area contributed by atoms with E-state index < -0.39 is 0 Å². The fraction of sp³-hybridized carbons (Fsp3) is 0.107. The van der Waals surface area contributed by atoms with Crippen LogP contribution in [-0.4, -0.2) is 0 Å². The van der Waals surface area contributed by atoms with Gasteiger partial charge in [0.2, 0.25) is 11.2 Å². The Bertz CT molecular complexity index is 1450. The zero-order valence-electron chi connectivity index (χ0n) is 17.5. The second kappa shape index (κ2) is 7.77. The number of aryl methyl sites for hydroxylation is 2. The third-order valence-electron chi connectivity index (χ3n) is 5.57. The molecular formula is C28H22O3. The van der Waals surface area contributed by atoms with Gasteiger partial charge < -0.3 is 9.15 Å². The third-order valence-corrected chi connectivity index (χ3v) is 5.57. The van der Waals surface area contributed by atoms with E-state index in [0.29, 0.717) is 16.7 Å². The molecule has 5 rings (SSSR count). The fourth-order valence-electron chi connectivity index (χ4n) is 3.89. The zero-order chi connectivity index (χ0) is 21.4. The molecule has 0 aliphatic heterocycles. The van der Waals surface area contributed by atoms with Crippen molar-refractivity contribution >= 4 is 21.7 Å². The summed E-state index contributed by atoms with van der Waals surface area (Å²) in [6, 6.07) is 27.8. The van der Waals surface area contributed by atoms with Crippen LogP contribution in [0.15, 0.2) is 94.1 Å². The highest BCUT2D eigenvalue weighted by Crippen LogP contribution is 2.32. The van der Waals surface area contributed by atoms with Gasteiger partial charge in [0.25, 0.3) is 0 Å². The SMILES string of the molecule is Cc1ccc(-c2oc3ccc(C)cc3c(=O)c2OCc2cccc3ccccc23)cc1. The molecule has 3 nitrogen and oxygen atoms in total. The van der Waals surface area contributed by atoms with Gasteiger partial charge in [0, 0.05) is 5.56 Å². The van der Waals surface area contributed by atoms with Crippen LogP contribution < -0.4 is 10.2 Å². The monoisotopic (exact) mass is 406 g/mol. The van der Waals surface area contributed by atoms with Crippen molar-refractivity contribution < 1.29 is 9.15 Å². The van der Waals surface area contributed by atoms with Crippen LogP contribution in [0.1, 0.15) is 16.7 Å². The van der Waals surface area contributed by atoms with Crippen molar-refractivity contribution in [2.24, 2.45) is 0 Å². The van der Waals surface area contributed by atoms with Crippen molar-refractivity contribution in [3.05, 3.63) is 112 Å². The molecule has 0 amide bonds. The predicted octanol–water partition coefficient (Wildman–Crippen LogP) is 6.81. The van der Waals surface area contributed by atoms with Crippen molar-refractivity contribution in [3.8, 4) is 17.1 Å². The van der Waals surface area contributed by atoms with Gasteiger partial charge in [-0.05, 0) is 42.3 Å². The Morgan fingerprint density at radius 2 is 1.52 bits per heavy atom.